The summed E-state index contributed by atoms with van der Waals surface area (Å²) >= 11 is 0. The fourth-order valence-electron chi connectivity index (χ4n) is 4.55. The number of nitrogens with zero attached hydrogens (tertiary/aromatic N) is 1. The monoisotopic (exact) mass is 357 g/mol. The third-order valence-electron chi connectivity index (χ3n) is 6.18. The molecule has 2 heterocycles. The van der Waals surface area contributed by atoms with E-state index in [1.54, 1.807) is 18.2 Å². The fourth-order valence-corrected chi connectivity index (χ4v) is 6.72. The standard InChI is InChI=1S/C20H20FNO2S/c21-15-7-4-13(5-8-15)14-6-9-19-17(10-14)18-11-22(16-2-1-3-16)12-20(18)25(19,23)24/h4-10,16,18,20H,1-3,11-12H2/t18-,20-/m0/s1. The summed E-state index contributed by atoms with van der Waals surface area (Å²) in [6, 6.07) is 12.5. The average Bonchev–Trinajstić information content (AvgIpc) is 3.06. The number of hydrogen-bond donors (Lipinski definition) is 0. The normalized spacial score (nSPS) is 27.7. The van der Waals surface area contributed by atoms with E-state index < -0.39 is 9.84 Å². The van der Waals surface area contributed by atoms with Gasteiger partial charge in [-0.2, -0.15) is 0 Å². The second kappa shape index (κ2) is 5.39. The lowest BCUT2D eigenvalue weighted by molar-refractivity contribution is 0.157. The van der Waals surface area contributed by atoms with Crippen molar-refractivity contribution in [3.8, 4) is 11.1 Å². The molecule has 2 fully saturated rings. The Labute approximate surface area is 147 Å². The molecule has 1 aliphatic carbocycles. The van der Waals surface area contributed by atoms with Crippen LogP contribution in [-0.4, -0.2) is 37.7 Å². The van der Waals surface area contributed by atoms with Crippen LogP contribution in [0.25, 0.3) is 11.1 Å². The molecule has 2 atom stereocenters. The zero-order valence-electron chi connectivity index (χ0n) is 13.9. The van der Waals surface area contributed by atoms with Gasteiger partial charge in [0.1, 0.15) is 5.82 Å². The Balaban J connectivity index is 1.55. The lowest BCUT2D eigenvalue weighted by atomic mass is 9.91. The number of rotatable bonds is 2. The van der Waals surface area contributed by atoms with E-state index in [0.29, 0.717) is 17.5 Å². The molecule has 5 rings (SSSR count). The molecule has 130 valence electrons. The topological polar surface area (TPSA) is 37.4 Å². The highest BCUT2D eigenvalue weighted by Gasteiger charge is 2.51. The van der Waals surface area contributed by atoms with Crippen LogP contribution in [0.1, 0.15) is 30.7 Å². The van der Waals surface area contributed by atoms with Crippen molar-refractivity contribution in [2.75, 3.05) is 13.1 Å². The Morgan fingerprint density at radius 2 is 1.68 bits per heavy atom. The Hall–Kier alpha value is -1.72. The maximum atomic E-state index is 13.2. The lowest BCUT2D eigenvalue weighted by Crippen LogP contribution is -2.39. The zero-order valence-corrected chi connectivity index (χ0v) is 14.7. The lowest BCUT2D eigenvalue weighted by Gasteiger charge is -2.35. The van der Waals surface area contributed by atoms with Gasteiger partial charge in [0.2, 0.25) is 0 Å². The number of likely N-dealkylation sites (tertiary alicyclic amines) is 1. The first-order chi connectivity index (χ1) is 12.0. The zero-order chi connectivity index (χ0) is 17.2. The van der Waals surface area contributed by atoms with E-state index in [0.717, 1.165) is 23.2 Å². The van der Waals surface area contributed by atoms with E-state index in [1.165, 1.54) is 31.4 Å². The molecule has 25 heavy (non-hydrogen) atoms. The molecule has 0 bridgehead atoms. The second-order valence-electron chi connectivity index (χ2n) is 7.49. The van der Waals surface area contributed by atoms with Crippen LogP contribution >= 0.6 is 0 Å². The van der Waals surface area contributed by atoms with Gasteiger partial charge in [0.05, 0.1) is 10.1 Å². The van der Waals surface area contributed by atoms with Crippen molar-refractivity contribution in [3.05, 3.63) is 53.8 Å². The molecule has 3 nitrogen and oxygen atoms in total. The Morgan fingerprint density at radius 1 is 0.960 bits per heavy atom. The summed E-state index contributed by atoms with van der Waals surface area (Å²) in [5.74, 6) is -0.194. The van der Waals surface area contributed by atoms with Gasteiger partial charge >= 0.3 is 0 Å². The van der Waals surface area contributed by atoms with Crippen molar-refractivity contribution in [1.82, 2.24) is 4.90 Å². The summed E-state index contributed by atoms with van der Waals surface area (Å²) in [5.41, 5.74) is 2.82. The van der Waals surface area contributed by atoms with Crippen LogP contribution in [-0.2, 0) is 9.84 Å². The van der Waals surface area contributed by atoms with Gasteiger partial charge in [-0.05, 0) is 53.8 Å². The molecular formula is C20H20FNO2S. The molecule has 0 radical (unpaired) electrons. The molecule has 0 aromatic heterocycles. The highest BCUT2D eigenvalue weighted by molar-refractivity contribution is 7.92. The first-order valence-corrected chi connectivity index (χ1v) is 10.5. The summed E-state index contributed by atoms with van der Waals surface area (Å²) in [4.78, 5) is 2.88. The van der Waals surface area contributed by atoms with Gasteiger partial charge in [0.15, 0.2) is 9.84 Å². The van der Waals surface area contributed by atoms with Crippen molar-refractivity contribution >= 4 is 9.84 Å². The second-order valence-corrected chi connectivity index (χ2v) is 9.62. The average molecular weight is 357 g/mol. The highest BCUT2D eigenvalue weighted by atomic mass is 32.2. The van der Waals surface area contributed by atoms with E-state index in [-0.39, 0.29) is 17.0 Å². The summed E-state index contributed by atoms with van der Waals surface area (Å²) in [7, 11) is -3.24. The molecular weight excluding hydrogens is 337 g/mol. The molecule has 3 aliphatic rings. The van der Waals surface area contributed by atoms with E-state index in [1.807, 2.05) is 12.1 Å². The minimum Gasteiger partial charge on any atom is -0.298 e. The van der Waals surface area contributed by atoms with Crippen molar-refractivity contribution < 1.29 is 12.8 Å². The minimum absolute atomic E-state index is 0.0704. The summed E-state index contributed by atoms with van der Waals surface area (Å²) in [6.45, 7) is 1.51. The molecule has 5 heteroatoms. The van der Waals surface area contributed by atoms with Crippen LogP contribution in [0.15, 0.2) is 47.4 Å². The maximum Gasteiger partial charge on any atom is 0.183 e. The predicted molar refractivity (Wildman–Crippen MR) is 94.8 cm³/mol. The molecule has 0 N–H and O–H groups in total. The molecule has 0 spiro atoms. The van der Waals surface area contributed by atoms with Crippen LogP contribution in [0.2, 0.25) is 0 Å². The van der Waals surface area contributed by atoms with Crippen LogP contribution in [0.3, 0.4) is 0 Å². The smallest absolute Gasteiger partial charge is 0.183 e. The van der Waals surface area contributed by atoms with Crippen molar-refractivity contribution in [2.45, 2.75) is 41.4 Å². The molecule has 2 aromatic rings. The first-order valence-electron chi connectivity index (χ1n) is 8.92. The van der Waals surface area contributed by atoms with Crippen molar-refractivity contribution in [3.63, 3.8) is 0 Å². The largest absolute Gasteiger partial charge is 0.298 e. The van der Waals surface area contributed by atoms with Gasteiger partial charge in [-0.25, -0.2) is 12.8 Å². The highest BCUT2D eigenvalue weighted by Crippen LogP contribution is 2.47. The van der Waals surface area contributed by atoms with Gasteiger partial charge in [0.25, 0.3) is 0 Å². The van der Waals surface area contributed by atoms with Crippen molar-refractivity contribution in [1.29, 1.82) is 0 Å². The van der Waals surface area contributed by atoms with E-state index in [4.69, 9.17) is 0 Å². The maximum absolute atomic E-state index is 13.2. The Kier molecular flexibility index (Phi) is 3.35. The van der Waals surface area contributed by atoms with Crippen LogP contribution in [0, 0.1) is 5.82 Å². The van der Waals surface area contributed by atoms with E-state index >= 15 is 0 Å². The summed E-state index contributed by atoms with van der Waals surface area (Å²) < 4.78 is 39.1. The summed E-state index contributed by atoms with van der Waals surface area (Å²) in [6.07, 6.45) is 3.65. The van der Waals surface area contributed by atoms with Gasteiger partial charge in [-0.15, -0.1) is 0 Å². The van der Waals surface area contributed by atoms with Crippen LogP contribution < -0.4 is 0 Å². The molecule has 0 unspecified atom stereocenters. The third-order valence-corrected chi connectivity index (χ3v) is 8.44. The van der Waals surface area contributed by atoms with Gasteiger partial charge in [-0.1, -0.05) is 24.6 Å². The van der Waals surface area contributed by atoms with Gasteiger partial charge < -0.3 is 0 Å². The molecule has 2 aromatic carbocycles. The number of halogens is 1. The fraction of sp³-hybridized carbons (Fsp3) is 0.400. The SMILES string of the molecule is O=S1(=O)c2ccc(-c3ccc(F)cc3)cc2[C@@H]2CN(C3CCC3)C[C@@H]21. The van der Waals surface area contributed by atoms with Crippen molar-refractivity contribution in [2.24, 2.45) is 0 Å². The number of fused-ring (bicyclic) bond motifs is 3. The first kappa shape index (κ1) is 15.5. The van der Waals surface area contributed by atoms with Crippen LogP contribution in [0.4, 0.5) is 4.39 Å². The minimum atomic E-state index is -3.24. The number of sulfone groups is 1. The molecule has 1 saturated heterocycles. The van der Waals surface area contributed by atoms with E-state index in [9.17, 15) is 12.8 Å². The summed E-state index contributed by atoms with van der Waals surface area (Å²) in [5, 5.41) is -0.299. The molecule has 2 aliphatic heterocycles. The Morgan fingerprint density at radius 3 is 2.36 bits per heavy atom. The quantitative estimate of drug-likeness (QED) is 0.824. The molecule has 0 amide bonds. The predicted octanol–water partition coefficient (Wildman–Crippen LogP) is 3.60. The molecule has 1 saturated carbocycles. The third kappa shape index (κ3) is 2.29. The van der Waals surface area contributed by atoms with Gasteiger partial charge in [0, 0.05) is 25.0 Å². The number of benzene rings is 2. The number of hydrogen-bond acceptors (Lipinski definition) is 3. The van der Waals surface area contributed by atoms with Gasteiger partial charge in [-0.3, -0.25) is 4.90 Å². The Bertz CT molecular complexity index is 935. The van der Waals surface area contributed by atoms with E-state index in [2.05, 4.69) is 4.90 Å². The van der Waals surface area contributed by atoms with Crippen LogP contribution in [0.5, 0.6) is 0 Å².